The molecular formula is C14H14BrClN2O2S. The number of halogens is 2. The number of hydrogen-bond acceptors (Lipinski definition) is 3. The topological polar surface area (TPSA) is 72.2 Å². The fourth-order valence-electron chi connectivity index (χ4n) is 1.78. The largest absolute Gasteiger partial charge is 0.326 e. The summed E-state index contributed by atoms with van der Waals surface area (Å²) in [5.74, 6) is 0. The van der Waals surface area contributed by atoms with Crippen molar-refractivity contribution < 1.29 is 8.42 Å². The molecule has 0 aromatic heterocycles. The van der Waals surface area contributed by atoms with E-state index in [2.05, 4.69) is 20.7 Å². The van der Waals surface area contributed by atoms with Gasteiger partial charge in [-0.25, -0.2) is 8.42 Å². The van der Waals surface area contributed by atoms with Crippen LogP contribution in [0.5, 0.6) is 0 Å². The number of nitrogens with one attached hydrogen (secondary N) is 1. The van der Waals surface area contributed by atoms with Crippen molar-refractivity contribution in [1.29, 1.82) is 0 Å². The maximum absolute atomic E-state index is 12.4. The Bertz CT molecular complexity index is 779. The lowest BCUT2D eigenvalue weighted by molar-refractivity contribution is 0.601. The van der Waals surface area contributed by atoms with Gasteiger partial charge < -0.3 is 5.73 Å². The molecule has 7 heteroatoms. The van der Waals surface area contributed by atoms with Gasteiger partial charge in [-0.2, -0.15) is 0 Å². The van der Waals surface area contributed by atoms with E-state index in [0.29, 0.717) is 20.7 Å². The first kappa shape index (κ1) is 16.3. The lowest BCUT2D eigenvalue weighted by atomic mass is 10.2. The van der Waals surface area contributed by atoms with Crippen molar-refractivity contribution in [3.8, 4) is 0 Å². The number of hydrogen-bond donors (Lipinski definition) is 2. The van der Waals surface area contributed by atoms with Crippen LogP contribution in [-0.4, -0.2) is 8.42 Å². The van der Waals surface area contributed by atoms with E-state index in [9.17, 15) is 8.42 Å². The average Bonchev–Trinajstić information content (AvgIpc) is 2.42. The van der Waals surface area contributed by atoms with Gasteiger partial charge in [0.15, 0.2) is 0 Å². The Morgan fingerprint density at radius 2 is 1.95 bits per heavy atom. The summed E-state index contributed by atoms with van der Waals surface area (Å²) < 4.78 is 28.0. The Kier molecular flexibility index (Phi) is 4.93. The van der Waals surface area contributed by atoms with Gasteiger partial charge in [-0.3, -0.25) is 4.72 Å². The van der Waals surface area contributed by atoms with Crippen LogP contribution in [0.25, 0.3) is 0 Å². The number of rotatable bonds is 4. The molecule has 4 nitrogen and oxygen atoms in total. The SMILES string of the molecule is Cc1ccc(Br)c(NS(=O)(=O)c2ccc(CN)c(Cl)c2)c1. The summed E-state index contributed by atoms with van der Waals surface area (Å²) >= 11 is 9.34. The van der Waals surface area contributed by atoms with Gasteiger partial charge >= 0.3 is 0 Å². The van der Waals surface area contributed by atoms with E-state index >= 15 is 0 Å². The molecule has 0 saturated carbocycles. The summed E-state index contributed by atoms with van der Waals surface area (Å²) in [7, 11) is -3.71. The molecule has 2 aromatic carbocycles. The zero-order valence-electron chi connectivity index (χ0n) is 11.2. The van der Waals surface area contributed by atoms with Crippen molar-refractivity contribution in [2.75, 3.05) is 4.72 Å². The van der Waals surface area contributed by atoms with E-state index in [1.54, 1.807) is 18.2 Å². The van der Waals surface area contributed by atoms with Crippen LogP contribution in [0, 0.1) is 6.92 Å². The molecule has 2 rings (SSSR count). The number of nitrogens with two attached hydrogens (primary N) is 1. The van der Waals surface area contributed by atoms with Crippen LogP contribution < -0.4 is 10.5 Å². The number of benzene rings is 2. The molecule has 21 heavy (non-hydrogen) atoms. The van der Waals surface area contributed by atoms with Gasteiger partial charge in [0, 0.05) is 16.0 Å². The van der Waals surface area contributed by atoms with Crippen molar-refractivity contribution in [1.82, 2.24) is 0 Å². The molecule has 0 radical (unpaired) electrons. The van der Waals surface area contributed by atoms with Gasteiger partial charge in [0.1, 0.15) is 0 Å². The van der Waals surface area contributed by atoms with Crippen LogP contribution >= 0.6 is 27.5 Å². The summed E-state index contributed by atoms with van der Waals surface area (Å²) in [4.78, 5) is 0.0955. The van der Waals surface area contributed by atoms with Crippen LogP contribution in [-0.2, 0) is 16.6 Å². The lowest BCUT2D eigenvalue weighted by Gasteiger charge is -2.11. The lowest BCUT2D eigenvalue weighted by Crippen LogP contribution is -2.14. The zero-order chi connectivity index (χ0) is 15.6. The van der Waals surface area contributed by atoms with Crippen LogP contribution in [0.15, 0.2) is 45.8 Å². The van der Waals surface area contributed by atoms with Gasteiger partial charge in [-0.15, -0.1) is 0 Å². The molecule has 0 aliphatic heterocycles. The van der Waals surface area contributed by atoms with Crippen LogP contribution in [0.3, 0.4) is 0 Å². The summed E-state index contributed by atoms with van der Waals surface area (Å²) in [5.41, 5.74) is 7.65. The van der Waals surface area contributed by atoms with Gasteiger partial charge in [-0.05, 0) is 58.2 Å². The zero-order valence-corrected chi connectivity index (χ0v) is 14.4. The third-order valence-electron chi connectivity index (χ3n) is 2.92. The second-order valence-corrected chi connectivity index (χ2v) is 7.49. The van der Waals surface area contributed by atoms with E-state index < -0.39 is 10.0 Å². The maximum Gasteiger partial charge on any atom is 0.261 e. The molecule has 2 aromatic rings. The first-order valence-corrected chi connectivity index (χ1v) is 8.76. The van der Waals surface area contributed by atoms with Crippen molar-refractivity contribution >= 4 is 43.2 Å². The minimum Gasteiger partial charge on any atom is -0.326 e. The maximum atomic E-state index is 12.4. The first-order chi connectivity index (χ1) is 9.83. The molecule has 0 atom stereocenters. The van der Waals surface area contributed by atoms with Gasteiger partial charge in [-0.1, -0.05) is 23.7 Å². The molecule has 0 amide bonds. The first-order valence-electron chi connectivity index (χ1n) is 6.11. The summed E-state index contributed by atoms with van der Waals surface area (Å²) in [6, 6.07) is 9.92. The van der Waals surface area contributed by atoms with E-state index in [1.807, 2.05) is 13.0 Å². The Morgan fingerprint density at radius 1 is 1.24 bits per heavy atom. The summed E-state index contributed by atoms with van der Waals surface area (Å²) in [5, 5.41) is 0.337. The van der Waals surface area contributed by atoms with Crippen molar-refractivity contribution in [2.24, 2.45) is 5.73 Å². The fourth-order valence-corrected chi connectivity index (χ4v) is 3.68. The minimum atomic E-state index is -3.71. The highest BCUT2D eigenvalue weighted by Gasteiger charge is 2.17. The Morgan fingerprint density at radius 3 is 2.57 bits per heavy atom. The normalized spacial score (nSPS) is 11.4. The third-order valence-corrected chi connectivity index (χ3v) is 5.33. The molecule has 0 unspecified atom stereocenters. The minimum absolute atomic E-state index is 0.0955. The number of anilines is 1. The summed E-state index contributed by atoms with van der Waals surface area (Å²) in [6.45, 7) is 2.15. The standard InChI is InChI=1S/C14H14BrClN2O2S/c1-9-2-5-12(15)14(6-9)18-21(19,20)11-4-3-10(8-17)13(16)7-11/h2-7,18H,8,17H2,1H3. The molecule has 0 fully saturated rings. The van der Waals surface area contributed by atoms with Gasteiger partial charge in [0.2, 0.25) is 0 Å². The molecule has 0 spiro atoms. The Balaban J connectivity index is 2.38. The van der Waals surface area contributed by atoms with E-state index in [-0.39, 0.29) is 11.4 Å². The summed E-state index contributed by atoms with van der Waals surface area (Å²) in [6.07, 6.45) is 0. The molecule has 3 N–H and O–H groups in total. The highest BCUT2D eigenvalue weighted by Crippen LogP contribution is 2.27. The second-order valence-electron chi connectivity index (χ2n) is 4.55. The Labute approximate surface area is 137 Å². The van der Waals surface area contributed by atoms with E-state index in [0.717, 1.165) is 5.56 Å². The highest BCUT2D eigenvalue weighted by molar-refractivity contribution is 9.10. The molecular weight excluding hydrogens is 376 g/mol. The van der Waals surface area contributed by atoms with Crippen molar-refractivity contribution in [3.05, 3.63) is 57.0 Å². The second kappa shape index (κ2) is 6.36. The molecule has 0 aliphatic carbocycles. The predicted octanol–water partition coefficient (Wildman–Crippen LogP) is 3.67. The molecule has 0 heterocycles. The van der Waals surface area contributed by atoms with Crippen LogP contribution in [0.4, 0.5) is 5.69 Å². The smallest absolute Gasteiger partial charge is 0.261 e. The van der Waals surface area contributed by atoms with Crippen LogP contribution in [0.2, 0.25) is 5.02 Å². The monoisotopic (exact) mass is 388 g/mol. The quantitative estimate of drug-likeness (QED) is 0.838. The Hall–Kier alpha value is -1.08. The average molecular weight is 390 g/mol. The van der Waals surface area contributed by atoms with E-state index in [4.69, 9.17) is 17.3 Å². The van der Waals surface area contributed by atoms with E-state index in [1.165, 1.54) is 12.1 Å². The fraction of sp³-hybridized carbons (Fsp3) is 0.143. The molecule has 0 bridgehead atoms. The molecule has 0 saturated heterocycles. The van der Waals surface area contributed by atoms with Gasteiger partial charge in [0.05, 0.1) is 10.6 Å². The van der Waals surface area contributed by atoms with Gasteiger partial charge in [0.25, 0.3) is 10.0 Å². The molecule has 0 aliphatic rings. The molecule has 112 valence electrons. The number of aryl methyl sites for hydroxylation is 1. The third kappa shape index (κ3) is 3.77. The van der Waals surface area contributed by atoms with Crippen molar-refractivity contribution in [2.45, 2.75) is 18.4 Å². The predicted molar refractivity (Wildman–Crippen MR) is 89.0 cm³/mol. The van der Waals surface area contributed by atoms with Crippen molar-refractivity contribution in [3.63, 3.8) is 0 Å². The highest BCUT2D eigenvalue weighted by atomic mass is 79.9. The number of sulfonamides is 1. The van der Waals surface area contributed by atoms with Crippen LogP contribution in [0.1, 0.15) is 11.1 Å².